The number of aromatic nitrogens is 2. The second-order valence-electron chi connectivity index (χ2n) is 4.32. The smallest absolute Gasteiger partial charge is 0.243 e. The lowest BCUT2D eigenvalue weighted by atomic mass is 10.1. The van der Waals surface area contributed by atoms with Crippen LogP contribution in [0.2, 0.25) is 0 Å². The molecule has 0 bridgehead atoms. The van der Waals surface area contributed by atoms with Crippen LogP contribution in [0, 0.1) is 5.82 Å². The van der Waals surface area contributed by atoms with Crippen molar-refractivity contribution >= 4 is 15.9 Å². The third kappa shape index (κ3) is 3.62. The molecule has 0 aliphatic heterocycles. The molecule has 5 nitrogen and oxygen atoms in total. The first kappa shape index (κ1) is 15.1. The van der Waals surface area contributed by atoms with Crippen molar-refractivity contribution in [3.8, 4) is 11.4 Å². The van der Waals surface area contributed by atoms with Gasteiger partial charge >= 0.3 is 0 Å². The van der Waals surface area contributed by atoms with Crippen molar-refractivity contribution in [3.05, 3.63) is 34.4 Å². The van der Waals surface area contributed by atoms with E-state index in [-0.39, 0.29) is 11.9 Å². The van der Waals surface area contributed by atoms with E-state index in [4.69, 9.17) is 15.0 Å². The Kier molecular flexibility index (Phi) is 5.22. The fraction of sp³-hybridized carbons (Fsp3) is 0.385. The molecule has 1 atom stereocenters. The van der Waals surface area contributed by atoms with Crippen LogP contribution in [-0.4, -0.2) is 23.9 Å². The third-order valence-electron chi connectivity index (χ3n) is 2.79. The minimum atomic E-state index is -0.333. The topological polar surface area (TPSA) is 74.2 Å². The fourth-order valence-electron chi connectivity index (χ4n) is 1.74. The van der Waals surface area contributed by atoms with Gasteiger partial charge in [-0.1, -0.05) is 5.16 Å². The number of ether oxygens (including phenoxy) is 1. The first-order valence-corrected chi connectivity index (χ1v) is 6.94. The molecule has 1 unspecified atom stereocenters. The maximum absolute atomic E-state index is 13.0. The Bertz CT molecular complexity index is 576. The summed E-state index contributed by atoms with van der Waals surface area (Å²) in [6.45, 7) is 0.637. The molecule has 0 amide bonds. The molecule has 2 N–H and O–H groups in total. The molecule has 0 saturated carbocycles. The van der Waals surface area contributed by atoms with Crippen LogP contribution in [0.25, 0.3) is 11.4 Å². The predicted octanol–water partition coefficient (Wildman–Crippen LogP) is 3.06. The average molecular weight is 344 g/mol. The molecule has 0 radical (unpaired) electrons. The van der Waals surface area contributed by atoms with Crippen molar-refractivity contribution < 1.29 is 13.7 Å². The molecule has 0 spiro atoms. The van der Waals surface area contributed by atoms with E-state index >= 15 is 0 Å². The number of benzene rings is 1. The summed E-state index contributed by atoms with van der Waals surface area (Å²) in [6.07, 6.45) is 1.51. The van der Waals surface area contributed by atoms with Crippen molar-refractivity contribution in [1.82, 2.24) is 10.1 Å². The minimum Gasteiger partial charge on any atom is -0.385 e. The number of hydrogen-bond donors (Lipinski definition) is 1. The maximum Gasteiger partial charge on any atom is 0.243 e. The Morgan fingerprint density at radius 3 is 3.00 bits per heavy atom. The first-order chi connectivity index (χ1) is 9.61. The number of rotatable bonds is 6. The molecule has 7 heteroatoms. The fourth-order valence-corrected chi connectivity index (χ4v) is 2.27. The van der Waals surface area contributed by atoms with Gasteiger partial charge in [0.1, 0.15) is 5.82 Å². The molecule has 2 aromatic rings. The van der Waals surface area contributed by atoms with Crippen LogP contribution < -0.4 is 5.73 Å². The van der Waals surface area contributed by atoms with Crippen LogP contribution in [-0.2, 0) is 4.74 Å². The van der Waals surface area contributed by atoms with E-state index < -0.39 is 0 Å². The predicted molar refractivity (Wildman–Crippen MR) is 75.4 cm³/mol. The van der Waals surface area contributed by atoms with Gasteiger partial charge in [0, 0.05) is 23.8 Å². The molecular weight excluding hydrogens is 329 g/mol. The number of nitrogens with zero attached hydrogens (tertiary/aromatic N) is 2. The Balaban J connectivity index is 2.12. The third-order valence-corrected chi connectivity index (χ3v) is 3.45. The molecule has 0 aliphatic carbocycles. The number of methoxy groups -OCH3 is 1. The highest BCUT2D eigenvalue weighted by Gasteiger charge is 2.17. The van der Waals surface area contributed by atoms with Gasteiger partial charge in [-0.25, -0.2) is 4.39 Å². The van der Waals surface area contributed by atoms with E-state index in [9.17, 15) is 4.39 Å². The van der Waals surface area contributed by atoms with Gasteiger partial charge in [0.15, 0.2) is 0 Å². The molecule has 0 saturated heterocycles. The normalized spacial score (nSPS) is 12.6. The summed E-state index contributed by atoms with van der Waals surface area (Å²) < 4.78 is 23.7. The molecule has 1 aromatic carbocycles. The lowest BCUT2D eigenvalue weighted by Gasteiger charge is -2.05. The number of hydrogen-bond acceptors (Lipinski definition) is 5. The summed E-state index contributed by atoms with van der Waals surface area (Å²) in [5, 5.41) is 3.88. The summed E-state index contributed by atoms with van der Waals surface area (Å²) >= 11 is 3.27. The van der Waals surface area contributed by atoms with Crippen LogP contribution in [0.4, 0.5) is 4.39 Å². The summed E-state index contributed by atoms with van der Waals surface area (Å²) in [6, 6.07) is 3.95. The van der Waals surface area contributed by atoms with Crippen LogP contribution in [0.5, 0.6) is 0 Å². The van der Waals surface area contributed by atoms with Gasteiger partial charge in [0.25, 0.3) is 0 Å². The first-order valence-electron chi connectivity index (χ1n) is 6.15. The zero-order valence-electron chi connectivity index (χ0n) is 11.0. The molecule has 20 heavy (non-hydrogen) atoms. The van der Waals surface area contributed by atoms with Gasteiger partial charge < -0.3 is 15.0 Å². The van der Waals surface area contributed by atoms with E-state index in [2.05, 4.69) is 26.1 Å². The highest BCUT2D eigenvalue weighted by molar-refractivity contribution is 9.10. The van der Waals surface area contributed by atoms with Gasteiger partial charge in [0.05, 0.1) is 6.04 Å². The van der Waals surface area contributed by atoms with E-state index in [0.29, 0.717) is 34.8 Å². The zero-order chi connectivity index (χ0) is 14.5. The summed E-state index contributed by atoms with van der Waals surface area (Å²) in [5.74, 6) is 0.419. The van der Waals surface area contributed by atoms with E-state index in [0.717, 1.165) is 6.42 Å². The second kappa shape index (κ2) is 6.92. The summed E-state index contributed by atoms with van der Waals surface area (Å²) in [7, 11) is 1.64. The molecule has 0 fully saturated rings. The monoisotopic (exact) mass is 343 g/mol. The van der Waals surface area contributed by atoms with Gasteiger partial charge in [0.2, 0.25) is 11.7 Å². The van der Waals surface area contributed by atoms with Gasteiger partial charge in [-0.15, -0.1) is 0 Å². The molecule has 108 valence electrons. The van der Waals surface area contributed by atoms with Crippen molar-refractivity contribution in [2.75, 3.05) is 13.7 Å². The molecule has 2 rings (SSSR count). The van der Waals surface area contributed by atoms with Crippen LogP contribution in [0.3, 0.4) is 0 Å². The quantitative estimate of drug-likeness (QED) is 0.816. The Labute approximate surface area is 124 Å². The lowest BCUT2D eigenvalue weighted by Crippen LogP contribution is -2.11. The highest BCUT2D eigenvalue weighted by atomic mass is 79.9. The standard InChI is InChI=1S/C13H15BrFN3O2/c1-19-6-2-3-11(16)13-17-12(18-20-13)9-5-4-8(15)7-10(9)14/h4-5,7,11H,2-3,6,16H2,1H3. The Morgan fingerprint density at radius 2 is 2.30 bits per heavy atom. The summed E-state index contributed by atoms with van der Waals surface area (Å²) in [5.41, 5.74) is 6.62. The van der Waals surface area contributed by atoms with Crippen LogP contribution in [0.15, 0.2) is 27.2 Å². The van der Waals surface area contributed by atoms with Crippen LogP contribution in [0.1, 0.15) is 24.8 Å². The minimum absolute atomic E-state index is 0.328. The van der Waals surface area contributed by atoms with Gasteiger partial charge in [-0.05, 0) is 47.0 Å². The van der Waals surface area contributed by atoms with E-state index in [1.165, 1.54) is 12.1 Å². The zero-order valence-corrected chi connectivity index (χ0v) is 12.6. The van der Waals surface area contributed by atoms with E-state index in [1.54, 1.807) is 13.2 Å². The van der Waals surface area contributed by atoms with Crippen molar-refractivity contribution in [3.63, 3.8) is 0 Å². The molecule has 1 aromatic heterocycles. The molecule has 0 aliphatic rings. The second-order valence-corrected chi connectivity index (χ2v) is 5.18. The summed E-state index contributed by atoms with van der Waals surface area (Å²) in [4.78, 5) is 4.25. The highest BCUT2D eigenvalue weighted by Crippen LogP contribution is 2.27. The Morgan fingerprint density at radius 1 is 1.50 bits per heavy atom. The number of halogens is 2. The van der Waals surface area contributed by atoms with E-state index in [1.807, 2.05) is 0 Å². The van der Waals surface area contributed by atoms with Gasteiger partial charge in [-0.2, -0.15) is 4.98 Å². The maximum atomic E-state index is 13.0. The van der Waals surface area contributed by atoms with Gasteiger partial charge in [-0.3, -0.25) is 0 Å². The molecular formula is C13H15BrFN3O2. The number of nitrogens with two attached hydrogens (primary N) is 1. The molecule has 1 heterocycles. The van der Waals surface area contributed by atoms with Crippen molar-refractivity contribution in [2.24, 2.45) is 5.73 Å². The lowest BCUT2D eigenvalue weighted by molar-refractivity contribution is 0.188. The van der Waals surface area contributed by atoms with Crippen molar-refractivity contribution in [2.45, 2.75) is 18.9 Å². The SMILES string of the molecule is COCCCC(N)c1nc(-c2ccc(F)cc2Br)no1. The van der Waals surface area contributed by atoms with Crippen molar-refractivity contribution in [1.29, 1.82) is 0 Å². The van der Waals surface area contributed by atoms with Crippen LogP contribution >= 0.6 is 15.9 Å². The largest absolute Gasteiger partial charge is 0.385 e. The average Bonchev–Trinajstić information content (AvgIpc) is 2.88. The Hall–Kier alpha value is -1.31.